The van der Waals surface area contributed by atoms with Crippen LogP contribution in [-0.4, -0.2) is 19.6 Å². The zero-order valence-corrected chi connectivity index (χ0v) is 9.29. The highest BCUT2D eigenvalue weighted by Gasteiger charge is 2.36. The van der Waals surface area contributed by atoms with E-state index in [9.17, 15) is 0 Å². The molecule has 0 atom stereocenters. The van der Waals surface area contributed by atoms with Crippen molar-refractivity contribution in [2.75, 3.05) is 0 Å². The molecule has 1 saturated carbocycles. The Morgan fingerprint density at radius 1 is 0.812 bits per heavy atom. The normalized spacial score (nSPS) is 19.8. The topological polar surface area (TPSA) is 35.6 Å². The molecule has 0 spiro atoms. The van der Waals surface area contributed by atoms with Crippen LogP contribution in [-0.2, 0) is 5.66 Å². The first-order valence-electron chi connectivity index (χ1n) is 5.92. The summed E-state index contributed by atoms with van der Waals surface area (Å²) in [7, 11) is 0. The van der Waals surface area contributed by atoms with E-state index in [1.165, 1.54) is 19.3 Å². The predicted octanol–water partition coefficient (Wildman–Crippen LogP) is 2.24. The summed E-state index contributed by atoms with van der Waals surface area (Å²) in [4.78, 5) is 0. The summed E-state index contributed by atoms with van der Waals surface area (Å²) in [5, 5.41) is 8.85. The highest BCUT2D eigenvalue weighted by atomic mass is 15.5. The maximum absolute atomic E-state index is 4.42. The van der Waals surface area contributed by atoms with Gasteiger partial charge in [0.15, 0.2) is 5.66 Å². The van der Waals surface area contributed by atoms with Gasteiger partial charge in [-0.1, -0.05) is 6.42 Å². The second kappa shape index (κ2) is 3.77. The van der Waals surface area contributed by atoms with Crippen LogP contribution in [0.15, 0.2) is 36.9 Å². The van der Waals surface area contributed by atoms with Crippen LogP contribution >= 0.6 is 0 Å². The standard InChI is InChI=1S/C12H16N4/c1-2-6-12(7-3-1,15-10-4-8-13-15)16-11-5-9-14-16/h4-5,8-11H,1-3,6-7H2. The number of nitrogens with zero attached hydrogens (tertiary/aromatic N) is 4. The molecule has 0 amide bonds. The summed E-state index contributed by atoms with van der Waals surface area (Å²) in [5.41, 5.74) is -0.0642. The Morgan fingerprint density at radius 3 is 1.81 bits per heavy atom. The third-order valence-electron chi connectivity index (χ3n) is 3.52. The zero-order chi connectivity index (χ0) is 10.8. The first kappa shape index (κ1) is 9.63. The van der Waals surface area contributed by atoms with Gasteiger partial charge in [0.05, 0.1) is 0 Å². The van der Waals surface area contributed by atoms with Crippen molar-refractivity contribution in [1.82, 2.24) is 19.6 Å². The molecule has 2 heterocycles. The molecule has 0 bridgehead atoms. The zero-order valence-electron chi connectivity index (χ0n) is 9.29. The van der Waals surface area contributed by atoms with Crippen LogP contribution < -0.4 is 0 Å². The summed E-state index contributed by atoms with van der Waals surface area (Å²) in [5.74, 6) is 0. The van der Waals surface area contributed by atoms with Gasteiger partial charge >= 0.3 is 0 Å². The van der Waals surface area contributed by atoms with Gasteiger partial charge in [-0.2, -0.15) is 10.2 Å². The van der Waals surface area contributed by atoms with Crippen LogP contribution in [0.4, 0.5) is 0 Å². The maximum Gasteiger partial charge on any atom is 0.153 e. The monoisotopic (exact) mass is 216 g/mol. The van der Waals surface area contributed by atoms with Crippen LogP contribution in [0.25, 0.3) is 0 Å². The molecule has 0 aliphatic heterocycles. The van der Waals surface area contributed by atoms with Gasteiger partial charge in [0, 0.05) is 24.8 Å². The van der Waals surface area contributed by atoms with E-state index in [4.69, 9.17) is 0 Å². The summed E-state index contributed by atoms with van der Waals surface area (Å²) in [6, 6.07) is 3.97. The minimum atomic E-state index is -0.0642. The molecular formula is C12H16N4. The summed E-state index contributed by atoms with van der Waals surface area (Å²) in [6.45, 7) is 0. The minimum Gasteiger partial charge on any atom is -0.245 e. The molecule has 16 heavy (non-hydrogen) atoms. The Hall–Kier alpha value is -1.58. The van der Waals surface area contributed by atoms with E-state index in [1.807, 2.05) is 36.9 Å². The van der Waals surface area contributed by atoms with Crippen LogP contribution in [0, 0.1) is 0 Å². The molecular weight excluding hydrogens is 200 g/mol. The molecule has 0 N–H and O–H groups in total. The number of hydrogen-bond donors (Lipinski definition) is 0. The van der Waals surface area contributed by atoms with Crippen molar-refractivity contribution in [3.8, 4) is 0 Å². The Morgan fingerprint density at radius 2 is 1.38 bits per heavy atom. The van der Waals surface area contributed by atoms with Crippen molar-refractivity contribution in [2.24, 2.45) is 0 Å². The second-order valence-corrected chi connectivity index (χ2v) is 4.44. The Balaban J connectivity index is 2.07. The van der Waals surface area contributed by atoms with Gasteiger partial charge in [0.1, 0.15) is 0 Å². The van der Waals surface area contributed by atoms with Crippen LogP contribution in [0.3, 0.4) is 0 Å². The van der Waals surface area contributed by atoms with E-state index < -0.39 is 0 Å². The summed E-state index contributed by atoms with van der Waals surface area (Å²) in [6.07, 6.45) is 13.9. The van der Waals surface area contributed by atoms with Crippen molar-refractivity contribution in [3.63, 3.8) is 0 Å². The molecule has 0 unspecified atom stereocenters. The minimum absolute atomic E-state index is 0.0642. The van der Waals surface area contributed by atoms with Gasteiger partial charge < -0.3 is 0 Å². The Bertz CT molecular complexity index is 387. The Labute approximate surface area is 94.9 Å². The molecule has 0 radical (unpaired) electrons. The van der Waals surface area contributed by atoms with E-state index in [1.54, 1.807) is 0 Å². The molecule has 3 rings (SSSR count). The maximum atomic E-state index is 4.42. The quantitative estimate of drug-likeness (QED) is 0.771. The SMILES string of the molecule is c1cnn(C2(n3cccn3)CCCCC2)c1. The van der Waals surface area contributed by atoms with Gasteiger partial charge in [0.25, 0.3) is 0 Å². The van der Waals surface area contributed by atoms with E-state index in [-0.39, 0.29) is 5.66 Å². The first-order chi connectivity index (χ1) is 7.92. The number of hydrogen-bond acceptors (Lipinski definition) is 2. The Kier molecular flexibility index (Phi) is 2.27. The lowest BCUT2D eigenvalue weighted by atomic mass is 9.89. The fourth-order valence-corrected chi connectivity index (χ4v) is 2.71. The fourth-order valence-electron chi connectivity index (χ4n) is 2.71. The molecule has 0 saturated heterocycles. The molecule has 4 heteroatoms. The smallest absolute Gasteiger partial charge is 0.153 e. The average Bonchev–Trinajstić information content (AvgIpc) is 3.04. The first-order valence-corrected chi connectivity index (χ1v) is 5.92. The highest BCUT2D eigenvalue weighted by molar-refractivity contribution is 4.96. The van der Waals surface area contributed by atoms with Crippen molar-refractivity contribution in [1.29, 1.82) is 0 Å². The third kappa shape index (κ3) is 1.37. The number of aromatic nitrogens is 4. The van der Waals surface area contributed by atoms with Gasteiger partial charge in [-0.3, -0.25) is 0 Å². The van der Waals surface area contributed by atoms with Crippen molar-refractivity contribution in [3.05, 3.63) is 36.9 Å². The number of rotatable bonds is 2. The molecule has 1 aliphatic rings. The van der Waals surface area contributed by atoms with E-state index in [0.717, 1.165) is 12.8 Å². The van der Waals surface area contributed by atoms with Crippen molar-refractivity contribution in [2.45, 2.75) is 37.8 Å². The average molecular weight is 216 g/mol. The van der Waals surface area contributed by atoms with Crippen molar-refractivity contribution < 1.29 is 0 Å². The molecule has 4 nitrogen and oxygen atoms in total. The van der Waals surface area contributed by atoms with Crippen LogP contribution in [0.5, 0.6) is 0 Å². The van der Waals surface area contributed by atoms with Gasteiger partial charge in [0.2, 0.25) is 0 Å². The fraction of sp³-hybridized carbons (Fsp3) is 0.500. The summed E-state index contributed by atoms with van der Waals surface area (Å²) >= 11 is 0. The lowest BCUT2D eigenvalue weighted by molar-refractivity contribution is 0.116. The van der Waals surface area contributed by atoms with Gasteiger partial charge in [-0.15, -0.1) is 0 Å². The van der Waals surface area contributed by atoms with E-state index >= 15 is 0 Å². The largest absolute Gasteiger partial charge is 0.245 e. The van der Waals surface area contributed by atoms with Gasteiger partial charge in [-0.05, 0) is 37.8 Å². The lowest BCUT2D eigenvalue weighted by Crippen LogP contribution is -2.43. The molecule has 2 aromatic rings. The second-order valence-electron chi connectivity index (χ2n) is 4.44. The molecule has 1 fully saturated rings. The van der Waals surface area contributed by atoms with Crippen LogP contribution in [0.1, 0.15) is 32.1 Å². The van der Waals surface area contributed by atoms with E-state index in [0.29, 0.717) is 0 Å². The third-order valence-corrected chi connectivity index (χ3v) is 3.52. The highest BCUT2D eigenvalue weighted by Crippen LogP contribution is 2.35. The predicted molar refractivity (Wildman–Crippen MR) is 60.9 cm³/mol. The molecule has 1 aliphatic carbocycles. The van der Waals surface area contributed by atoms with Crippen LogP contribution in [0.2, 0.25) is 0 Å². The van der Waals surface area contributed by atoms with E-state index in [2.05, 4.69) is 19.6 Å². The molecule has 0 aromatic carbocycles. The molecule has 84 valence electrons. The van der Waals surface area contributed by atoms with Gasteiger partial charge in [-0.25, -0.2) is 9.36 Å². The summed E-state index contributed by atoms with van der Waals surface area (Å²) < 4.78 is 4.14. The molecule has 2 aromatic heterocycles. The lowest BCUT2D eigenvalue weighted by Gasteiger charge is -2.37. The van der Waals surface area contributed by atoms with Crippen molar-refractivity contribution >= 4 is 0 Å².